The highest BCUT2D eigenvalue weighted by Gasteiger charge is 2.14. The molecule has 0 saturated heterocycles. The second-order valence-corrected chi connectivity index (χ2v) is 6.54. The van der Waals surface area contributed by atoms with E-state index in [4.69, 9.17) is 9.72 Å². The van der Waals surface area contributed by atoms with Gasteiger partial charge in [0.15, 0.2) is 0 Å². The van der Waals surface area contributed by atoms with Crippen molar-refractivity contribution < 1.29 is 4.74 Å². The molecule has 0 radical (unpaired) electrons. The second kappa shape index (κ2) is 6.29. The third-order valence-corrected chi connectivity index (χ3v) is 4.93. The van der Waals surface area contributed by atoms with Crippen molar-refractivity contribution in [3.8, 4) is 28.1 Å². The molecule has 1 N–H and O–H groups in total. The predicted molar refractivity (Wildman–Crippen MR) is 111 cm³/mol. The minimum absolute atomic E-state index is 0.843. The van der Waals surface area contributed by atoms with Crippen molar-refractivity contribution in [1.82, 2.24) is 9.97 Å². The fraction of sp³-hybridized carbons (Fsp3) is 0.0417. The number of nitrogens with zero attached hydrogens (tertiary/aromatic N) is 1. The van der Waals surface area contributed by atoms with Crippen molar-refractivity contribution >= 4 is 21.9 Å². The lowest BCUT2D eigenvalue weighted by Crippen LogP contribution is -1.89. The van der Waals surface area contributed by atoms with Crippen LogP contribution in [0.1, 0.15) is 0 Å². The van der Waals surface area contributed by atoms with Crippen LogP contribution in [0.4, 0.5) is 0 Å². The smallest absolute Gasteiger partial charge is 0.118 e. The van der Waals surface area contributed by atoms with Gasteiger partial charge in [-0.25, -0.2) is 4.98 Å². The summed E-state index contributed by atoms with van der Waals surface area (Å²) in [5, 5.41) is 1.14. The number of hydrogen-bond donors (Lipinski definition) is 1. The van der Waals surface area contributed by atoms with Gasteiger partial charge >= 0.3 is 0 Å². The molecule has 0 spiro atoms. The Hall–Kier alpha value is -3.59. The molecule has 2 heterocycles. The lowest BCUT2D eigenvalue weighted by atomic mass is 10.0. The Labute approximate surface area is 157 Å². The Morgan fingerprint density at radius 1 is 0.778 bits per heavy atom. The highest BCUT2D eigenvalue weighted by atomic mass is 16.5. The van der Waals surface area contributed by atoms with Gasteiger partial charge in [-0.05, 0) is 42.0 Å². The molecule has 3 heteroatoms. The molecule has 0 aliphatic heterocycles. The topological polar surface area (TPSA) is 37.9 Å². The molecule has 0 fully saturated rings. The van der Waals surface area contributed by atoms with Crippen molar-refractivity contribution in [2.75, 3.05) is 7.11 Å². The number of para-hydroxylation sites is 1. The Balaban J connectivity index is 1.82. The van der Waals surface area contributed by atoms with Crippen molar-refractivity contribution in [2.24, 2.45) is 0 Å². The van der Waals surface area contributed by atoms with Gasteiger partial charge < -0.3 is 9.72 Å². The van der Waals surface area contributed by atoms with Crippen molar-refractivity contribution in [1.29, 1.82) is 0 Å². The Morgan fingerprint density at radius 2 is 1.52 bits per heavy atom. The first-order valence-corrected chi connectivity index (χ1v) is 8.95. The number of aromatic amines is 1. The maximum atomic E-state index is 5.29. The van der Waals surface area contributed by atoms with Gasteiger partial charge in [-0.2, -0.15) is 0 Å². The Kier molecular flexibility index (Phi) is 3.65. The molecule has 0 bridgehead atoms. The van der Waals surface area contributed by atoms with Gasteiger partial charge in [-0.3, -0.25) is 0 Å². The van der Waals surface area contributed by atoms with Gasteiger partial charge in [0.1, 0.15) is 5.75 Å². The second-order valence-electron chi connectivity index (χ2n) is 6.54. The van der Waals surface area contributed by atoms with Gasteiger partial charge in [-0.1, -0.05) is 48.5 Å². The van der Waals surface area contributed by atoms with Crippen LogP contribution in [0.5, 0.6) is 5.75 Å². The van der Waals surface area contributed by atoms with Crippen LogP contribution >= 0.6 is 0 Å². The minimum atomic E-state index is 0.843. The Morgan fingerprint density at radius 3 is 2.30 bits per heavy atom. The fourth-order valence-corrected chi connectivity index (χ4v) is 3.55. The number of benzene rings is 3. The van der Waals surface area contributed by atoms with E-state index < -0.39 is 0 Å². The number of fused-ring (bicyclic) bond motifs is 3. The quantitative estimate of drug-likeness (QED) is 0.429. The number of ether oxygens (including phenoxy) is 1. The Bertz CT molecular complexity index is 1240. The van der Waals surface area contributed by atoms with E-state index in [-0.39, 0.29) is 0 Å². The third-order valence-electron chi connectivity index (χ3n) is 4.93. The molecule has 3 aromatic carbocycles. The molecule has 0 aliphatic rings. The van der Waals surface area contributed by atoms with Crippen molar-refractivity contribution in [2.45, 2.75) is 0 Å². The number of hydrogen-bond acceptors (Lipinski definition) is 2. The number of H-pyrrole nitrogens is 1. The molecule has 130 valence electrons. The van der Waals surface area contributed by atoms with E-state index >= 15 is 0 Å². The molecule has 0 saturated carbocycles. The summed E-state index contributed by atoms with van der Waals surface area (Å²) in [5.41, 5.74) is 7.52. The fourth-order valence-electron chi connectivity index (χ4n) is 3.55. The predicted octanol–water partition coefficient (Wildman–Crippen LogP) is 6.06. The van der Waals surface area contributed by atoms with Crippen LogP contribution in [-0.4, -0.2) is 17.1 Å². The first kappa shape index (κ1) is 15.6. The van der Waals surface area contributed by atoms with E-state index in [0.717, 1.165) is 44.5 Å². The zero-order chi connectivity index (χ0) is 18.2. The molecule has 5 aromatic rings. The molecule has 0 aliphatic carbocycles. The molecular formula is C24H18N2O. The monoisotopic (exact) mass is 350 g/mol. The van der Waals surface area contributed by atoms with Gasteiger partial charge in [0.2, 0.25) is 0 Å². The van der Waals surface area contributed by atoms with Crippen LogP contribution < -0.4 is 4.74 Å². The summed E-state index contributed by atoms with van der Waals surface area (Å²) in [6, 6.07) is 29.0. The molecule has 5 rings (SSSR count). The number of pyridine rings is 1. The van der Waals surface area contributed by atoms with Gasteiger partial charge in [0.25, 0.3) is 0 Å². The molecule has 2 aromatic heterocycles. The number of rotatable bonds is 3. The molecule has 3 nitrogen and oxygen atoms in total. The van der Waals surface area contributed by atoms with Crippen LogP contribution in [0.15, 0.2) is 84.9 Å². The summed E-state index contributed by atoms with van der Waals surface area (Å²) in [5.74, 6) is 0.843. The summed E-state index contributed by atoms with van der Waals surface area (Å²) in [6.07, 6.45) is 0. The minimum Gasteiger partial charge on any atom is -0.497 e. The lowest BCUT2D eigenvalue weighted by molar-refractivity contribution is 0.415. The standard InChI is InChI=1S/C24H18N2O/c1-27-18-13-11-17(12-14-18)22-15-20(16-7-3-2-4-8-16)24-23(26-22)19-9-5-6-10-21(19)25-24/h2-15,25H,1H3. The van der Waals surface area contributed by atoms with Crippen molar-refractivity contribution in [3.05, 3.63) is 84.9 Å². The van der Waals surface area contributed by atoms with Crippen LogP contribution in [-0.2, 0) is 0 Å². The van der Waals surface area contributed by atoms with Gasteiger partial charge in [0, 0.05) is 22.0 Å². The number of methoxy groups -OCH3 is 1. The molecule has 27 heavy (non-hydrogen) atoms. The van der Waals surface area contributed by atoms with Gasteiger partial charge in [0.05, 0.1) is 23.8 Å². The normalized spacial score (nSPS) is 11.1. The largest absolute Gasteiger partial charge is 0.497 e. The average molecular weight is 350 g/mol. The molecule has 0 unspecified atom stereocenters. The van der Waals surface area contributed by atoms with E-state index in [2.05, 4.69) is 65.6 Å². The highest BCUT2D eigenvalue weighted by Crippen LogP contribution is 2.35. The average Bonchev–Trinajstić information content (AvgIpc) is 3.12. The van der Waals surface area contributed by atoms with Crippen molar-refractivity contribution in [3.63, 3.8) is 0 Å². The summed E-state index contributed by atoms with van der Waals surface area (Å²) in [7, 11) is 1.68. The first-order valence-electron chi connectivity index (χ1n) is 8.95. The zero-order valence-electron chi connectivity index (χ0n) is 14.9. The summed E-state index contributed by atoms with van der Waals surface area (Å²) >= 11 is 0. The SMILES string of the molecule is COc1ccc(-c2cc(-c3ccccc3)c3[nH]c4ccccc4c3n2)cc1. The maximum Gasteiger partial charge on any atom is 0.118 e. The number of aromatic nitrogens is 2. The van der Waals surface area contributed by atoms with E-state index in [9.17, 15) is 0 Å². The summed E-state index contributed by atoms with van der Waals surface area (Å²) < 4.78 is 5.29. The first-order chi connectivity index (χ1) is 13.3. The van der Waals surface area contributed by atoms with Crippen LogP contribution in [0.2, 0.25) is 0 Å². The number of nitrogens with one attached hydrogen (secondary N) is 1. The molecular weight excluding hydrogens is 332 g/mol. The van der Waals surface area contributed by atoms with E-state index in [1.165, 1.54) is 5.56 Å². The van der Waals surface area contributed by atoms with E-state index in [1.807, 2.05) is 24.3 Å². The maximum absolute atomic E-state index is 5.29. The summed E-state index contributed by atoms with van der Waals surface area (Å²) in [6.45, 7) is 0. The lowest BCUT2D eigenvalue weighted by Gasteiger charge is -2.09. The highest BCUT2D eigenvalue weighted by molar-refractivity contribution is 6.10. The van der Waals surface area contributed by atoms with Crippen LogP contribution in [0, 0.1) is 0 Å². The van der Waals surface area contributed by atoms with Crippen LogP contribution in [0.25, 0.3) is 44.3 Å². The summed E-state index contributed by atoms with van der Waals surface area (Å²) in [4.78, 5) is 8.56. The van der Waals surface area contributed by atoms with E-state index in [1.54, 1.807) is 7.11 Å². The molecule has 0 atom stereocenters. The van der Waals surface area contributed by atoms with Gasteiger partial charge in [-0.15, -0.1) is 0 Å². The van der Waals surface area contributed by atoms with Crippen LogP contribution in [0.3, 0.4) is 0 Å². The van der Waals surface area contributed by atoms with E-state index in [0.29, 0.717) is 0 Å². The molecule has 0 amide bonds. The zero-order valence-corrected chi connectivity index (χ0v) is 14.9. The third kappa shape index (κ3) is 2.64.